The molecule has 1 aliphatic heterocycles. The molecule has 2 rings (SSSR count). The summed E-state index contributed by atoms with van der Waals surface area (Å²) < 4.78 is 0. The largest absolute Gasteiger partial charge is 0.339 e. The SMILES string of the molecule is CC(c1ccccc1Cl)N(C)C(=O)CCC1CCCNC1. The van der Waals surface area contributed by atoms with Gasteiger partial charge in [-0.1, -0.05) is 29.8 Å². The summed E-state index contributed by atoms with van der Waals surface area (Å²) in [5, 5.41) is 4.12. The van der Waals surface area contributed by atoms with Gasteiger partial charge < -0.3 is 10.2 Å². The van der Waals surface area contributed by atoms with Crippen LogP contribution in [0.5, 0.6) is 0 Å². The highest BCUT2D eigenvalue weighted by Gasteiger charge is 2.21. The van der Waals surface area contributed by atoms with Gasteiger partial charge in [0.15, 0.2) is 0 Å². The molecule has 2 unspecified atom stereocenters. The fraction of sp³-hybridized carbons (Fsp3) is 0.588. The Hall–Kier alpha value is -1.06. The van der Waals surface area contributed by atoms with Gasteiger partial charge in [-0.15, -0.1) is 0 Å². The zero-order valence-electron chi connectivity index (χ0n) is 12.9. The van der Waals surface area contributed by atoms with Crippen LogP contribution >= 0.6 is 11.6 Å². The molecule has 116 valence electrons. The molecule has 1 amide bonds. The third-order valence-electron chi connectivity index (χ3n) is 4.50. The van der Waals surface area contributed by atoms with Crippen molar-refractivity contribution in [3.63, 3.8) is 0 Å². The lowest BCUT2D eigenvalue weighted by atomic mass is 9.94. The quantitative estimate of drug-likeness (QED) is 0.900. The molecule has 1 heterocycles. The highest BCUT2D eigenvalue weighted by molar-refractivity contribution is 6.31. The molecule has 1 saturated heterocycles. The summed E-state index contributed by atoms with van der Waals surface area (Å²) in [5.41, 5.74) is 1.01. The Labute approximate surface area is 132 Å². The number of nitrogens with one attached hydrogen (secondary N) is 1. The van der Waals surface area contributed by atoms with E-state index < -0.39 is 0 Å². The smallest absolute Gasteiger partial charge is 0.222 e. The van der Waals surface area contributed by atoms with Gasteiger partial charge in [-0.25, -0.2) is 0 Å². The summed E-state index contributed by atoms with van der Waals surface area (Å²) in [4.78, 5) is 14.2. The van der Waals surface area contributed by atoms with Crippen LogP contribution in [0.3, 0.4) is 0 Å². The van der Waals surface area contributed by atoms with Crippen molar-refractivity contribution in [2.75, 3.05) is 20.1 Å². The van der Waals surface area contributed by atoms with Gasteiger partial charge in [-0.2, -0.15) is 0 Å². The van der Waals surface area contributed by atoms with Crippen molar-refractivity contribution in [3.8, 4) is 0 Å². The normalized spacial score (nSPS) is 20.0. The number of carbonyl (C=O) groups is 1. The number of piperidine rings is 1. The Balaban J connectivity index is 1.88. The van der Waals surface area contributed by atoms with E-state index in [1.165, 1.54) is 12.8 Å². The first-order valence-electron chi connectivity index (χ1n) is 7.80. The first-order chi connectivity index (χ1) is 10.1. The Bertz CT molecular complexity index is 472. The van der Waals surface area contributed by atoms with Crippen LogP contribution in [-0.2, 0) is 4.79 Å². The standard InChI is InChI=1S/C17H25ClN2O/c1-13(15-7-3-4-8-16(15)18)20(2)17(21)10-9-14-6-5-11-19-12-14/h3-4,7-8,13-14,19H,5-6,9-12H2,1-2H3. The molecular formula is C17H25ClN2O. The number of hydrogen-bond acceptors (Lipinski definition) is 2. The van der Waals surface area contributed by atoms with Gasteiger partial charge in [0.2, 0.25) is 5.91 Å². The monoisotopic (exact) mass is 308 g/mol. The highest BCUT2D eigenvalue weighted by Crippen LogP contribution is 2.27. The molecule has 1 N–H and O–H groups in total. The molecule has 0 saturated carbocycles. The minimum Gasteiger partial charge on any atom is -0.339 e. The van der Waals surface area contributed by atoms with Crippen molar-refractivity contribution in [2.24, 2.45) is 5.92 Å². The second kappa shape index (κ2) is 7.81. The fourth-order valence-corrected chi connectivity index (χ4v) is 3.21. The van der Waals surface area contributed by atoms with E-state index in [0.29, 0.717) is 12.3 Å². The van der Waals surface area contributed by atoms with Crippen molar-refractivity contribution in [2.45, 2.75) is 38.6 Å². The third-order valence-corrected chi connectivity index (χ3v) is 4.84. The first-order valence-corrected chi connectivity index (χ1v) is 8.18. The summed E-state index contributed by atoms with van der Waals surface area (Å²) in [6.45, 7) is 4.20. The number of halogens is 1. The average Bonchev–Trinajstić information content (AvgIpc) is 2.52. The van der Waals surface area contributed by atoms with E-state index in [-0.39, 0.29) is 11.9 Å². The predicted octanol–water partition coefficient (Wildman–Crippen LogP) is 3.64. The Morgan fingerprint density at radius 1 is 1.48 bits per heavy atom. The van der Waals surface area contributed by atoms with Crippen LogP contribution in [-0.4, -0.2) is 30.9 Å². The minimum atomic E-state index is 0.00989. The van der Waals surface area contributed by atoms with Crippen LogP contribution in [0.25, 0.3) is 0 Å². The summed E-state index contributed by atoms with van der Waals surface area (Å²) in [6.07, 6.45) is 4.07. The van der Waals surface area contributed by atoms with E-state index in [4.69, 9.17) is 11.6 Å². The number of carbonyl (C=O) groups excluding carboxylic acids is 1. The van der Waals surface area contributed by atoms with E-state index in [9.17, 15) is 4.79 Å². The van der Waals surface area contributed by atoms with Crippen LogP contribution in [0.1, 0.15) is 44.2 Å². The third kappa shape index (κ3) is 4.45. The fourth-order valence-electron chi connectivity index (χ4n) is 2.91. The lowest BCUT2D eigenvalue weighted by Gasteiger charge is -2.28. The highest BCUT2D eigenvalue weighted by atomic mass is 35.5. The van der Waals surface area contributed by atoms with E-state index in [1.807, 2.05) is 43.1 Å². The van der Waals surface area contributed by atoms with E-state index >= 15 is 0 Å². The van der Waals surface area contributed by atoms with Crippen molar-refractivity contribution >= 4 is 17.5 Å². The van der Waals surface area contributed by atoms with Crippen LogP contribution in [0.15, 0.2) is 24.3 Å². The molecule has 0 radical (unpaired) electrons. The maximum atomic E-state index is 12.4. The Morgan fingerprint density at radius 2 is 2.24 bits per heavy atom. The van der Waals surface area contributed by atoms with Crippen molar-refractivity contribution in [1.82, 2.24) is 10.2 Å². The van der Waals surface area contributed by atoms with Gasteiger partial charge in [0.25, 0.3) is 0 Å². The molecule has 21 heavy (non-hydrogen) atoms. The number of rotatable bonds is 5. The second-order valence-electron chi connectivity index (χ2n) is 5.95. The number of amides is 1. The second-order valence-corrected chi connectivity index (χ2v) is 6.36. The molecular weight excluding hydrogens is 284 g/mol. The molecule has 4 heteroatoms. The molecule has 1 aromatic carbocycles. The van der Waals surface area contributed by atoms with Gasteiger partial charge >= 0.3 is 0 Å². The van der Waals surface area contributed by atoms with E-state index in [0.717, 1.165) is 30.1 Å². The van der Waals surface area contributed by atoms with E-state index in [2.05, 4.69) is 5.32 Å². The topological polar surface area (TPSA) is 32.3 Å². The minimum absolute atomic E-state index is 0.00989. The van der Waals surface area contributed by atoms with Gasteiger partial charge in [-0.3, -0.25) is 4.79 Å². The zero-order valence-corrected chi connectivity index (χ0v) is 13.7. The number of hydrogen-bond donors (Lipinski definition) is 1. The molecule has 0 aromatic heterocycles. The van der Waals surface area contributed by atoms with Crippen LogP contribution < -0.4 is 5.32 Å². The Morgan fingerprint density at radius 3 is 2.90 bits per heavy atom. The first kappa shape index (κ1) is 16.3. The zero-order chi connectivity index (χ0) is 15.2. The van der Waals surface area contributed by atoms with Crippen LogP contribution in [0.4, 0.5) is 0 Å². The maximum Gasteiger partial charge on any atom is 0.222 e. The van der Waals surface area contributed by atoms with Gasteiger partial charge in [0.1, 0.15) is 0 Å². The van der Waals surface area contributed by atoms with Crippen molar-refractivity contribution in [1.29, 1.82) is 0 Å². The lowest BCUT2D eigenvalue weighted by Crippen LogP contribution is -2.33. The Kier molecular flexibility index (Phi) is 6.07. The number of nitrogens with zero attached hydrogens (tertiary/aromatic N) is 1. The summed E-state index contributed by atoms with van der Waals surface area (Å²) in [5.74, 6) is 0.847. The summed E-state index contributed by atoms with van der Waals surface area (Å²) >= 11 is 6.22. The van der Waals surface area contributed by atoms with Gasteiger partial charge in [0.05, 0.1) is 6.04 Å². The van der Waals surface area contributed by atoms with Crippen LogP contribution in [0.2, 0.25) is 5.02 Å². The molecule has 1 aromatic rings. The molecule has 0 aliphatic carbocycles. The van der Waals surface area contributed by atoms with E-state index in [1.54, 1.807) is 0 Å². The predicted molar refractivity (Wildman–Crippen MR) is 87.5 cm³/mol. The summed E-state index contributed by atoms with van der Waals surface area (Å²) in [6, 6.07) is 7.75. The van der Waals surface area contributed by atoms with Crippen LogP contribution in [0, 0.1) is 5.92 Å². The number of benzene rings is 1. The molecule has 1 fully saturated rings. The van der Waals surface area contributed by atoms with Gasteiger partial charge in [0, 0.05) is 18.5 Å². The average molecular weight is 309 g/mol. The van der Waals surface area contributed by atoms with Gasteiger partial charge in [-0.05, 0) is 56.8 Å². The maximum absolute atomic E-state index is 12.4. The molecule has 3 nitrogen and oxygen atoms in total. The molecule has 0 spiro atoms. The molecule has 1 aliphatic rings. The van der Waals surface area contributed by atoms with Crippen molar-refractivity contribution < 1.29 is 4.79 Å². The summed E-state index contributed by atoms with van der Waals surface area (Å²) in [7, 11) is 1.87. The molecule has 2 atom stereocenters. The van der Waals surface area contributed by atoms with Crippen molar-refractivity contribution in [3.05, 3.63) is 34.9 Å². The molecule has 0 bridgehead atoms. The lowest BCUT2D eigenvalue weighted by molar-refractivity contribution is -0.132.